The van der Waals surface area contributed by atoms with Crippen molar-refractivity contribution in [1.29, 1.82) is 0 Å². The first-order chi connectivity index (χ1) is 8.65. The van der Waals surface area contributed by atoms with Crippen LogP contribution in [0.5, 0.6) is 0 Å². The van der Waals surface area contributed by atoms with Crippen molar-refractivity contribution in [1.82, 2.24) is 10.2 Å². The van der Waals surface area contributed by atoms with Crippen molar-refractivity contribution < 1.29 is 9.53 Å². The Hall–Kier alpha value is -1.55. The van der Waals surface area contributed by atoms with E-state index in [2.05, 4.69) is 19.2 Å². The van der Waals surface area contributed by atoms with Gasteiger partial charge in [-0.15, -0.1) is 0 Å². The summed E-state index contributed by atoms with van der Waals surface area (Å²) in [4.78, 5) is 13.7. The van der Waals surface area contributed by atoms with Crippen LogP contribution in [0.2, 0.25) is 0 Å². The van der Waals surface area contributed by atoms with Gasteiger partial charge in [0, 0.05) is 25.2 Å². The lowest BCUT2D eigenvalue weighted by atomic mass is 10.2. The highest BCUT2D eigenvalue weighted by Crippen LogP contribution is 2.08. The summed E-state index contributed by atoms with van der Waals surface area (Å²) in [6.07, 6.45) is -0.223. The average molecular weight is 248 g/mol. The number of nitrogens with one attached hydrogen (secondary N) is 1. The zero-order valence-electron chi connectivity index (χ0n) is 10.9. The van der Waals surface area contributed by atoms with Crippen LogP contribution in [0.1, 0.15) is 19.4 Å². The van der Waals surface area contributed by atoms with Crippen LogP contribution >= 0.6 is 0 Å². The quantitative estimate of drug-likeness (QED) is 0.870. The van der Waals surface area contributed by atoms with Crippen LogP contribution in [0.4, 0.5) is 4.79 Å². The lowest BCUT2D eigenvalue weighted by Crippen LogP contribution is -2.55. The zero-order valence-corrected chi connectivity index (χ0v) is 10.9. The predicted molar refractivity (Wildman–Crippen MR) is 70.3 cm³/mol. The highest BCUT2D eigenvalue weighted by Gasteiger charge is 2.25. The highest BCUT2D eigenvalue weighted by atomic mass is 16.6. The third-order valence-electron chi connectivity index (χ3n) is 3.02. The molecular formula is C14H20N2O2. The number of piperazine rings is 1. The van der Waals surface area contributed by atoms with Crippen molar-refractivity contribution in [3.63, 3.8) is 0 Å². The fraction of sp³-hybridized carbons (Fsp3) is 0.500. The monoisotopic (exact) mass is 248 g/mol. The molecule has 0 radical (unpaired) electrons. The molecule has 1 aromatic rings. The summed E-state index contributed by atoms with van der Waals surface area (Å²) < 4.78 is 5.32. The number of hydrogen-bond donors (Lipinski definition) is 1. The Labute approximate surface area is 108 Å². The number of amides is 1. The summed E-state index contributed by atoms with van der Waals surface area (Å²) in [6, 6.07) is 10.4. The normalized spacial score (nSPS) is 23.8. The number of hydrogen-bond acceptors (Lipinski definition) is 3. The van der Waals surface area contributed by atoms with E-state index in [1.165, 1.54) is 0 Å². The third kappa shape index (κ3) is 3.47. The topological polar surface area (TPSA) is 41.6 Å². The second kappa shape index (κ2) is 5.87. The van der Waals surface area contributed by atoms with E-state index in [1.54, 1.807) is 4.90 Å². The molecule has 1 aliphatic heterocycles. The Morgan fingerprint density at radius 1 is 1.28 bits per heavy atom. The zero-order chi connectivity index (χ0) is 13.0. The van der Waals surface area contributed by atoms with E-state index in [0.717, 1.165) is 5.56 Å². The number of ether oxygens (including phenoxy) is 1. The SMILES string of the molecule is C[C@@H]1CN(C(=O)OCc2ccccc2)C[C@H](C)N1. The molecule has 0 bridgehead atoms. The Balaban J connectivity index is 1.84. The lowest BCUT2D eigenvalue weighted by Gasteiger charge is -2.35. The summed E-state index contributed by atoms with van der Waals surface area (Å²) in [5, 5.41) is 3.39. The Bertz CT molecular complexity index is 384. The van der Waals surface area contributed by atoms with E-state index in [1.807, 2.05) is 30.3 Å². The molecule has 4 nitrogen and oxygen atoms in total. The maximum absolute atomic E-state index is 11.9. The molecule has 1 aliphatic rings. The van der Waals surface area contributed by atoms with Gasteiger partial charge in [-0.2, -0.15) is 0 Å². The number of benzene rings is 1. The molecule has 1 fully saturated rings. The summed E-state index contributed by atoms with van der Waals surface area (Å²) in [6.45, 7) is 5.91. The molecule has 0 spiro atoms. The van der Waals surface area contributed by atoms with Gasteiger partial charge in [-0.3, -0.25) is 0 Å². The van der Waals surface area contributed by atoms with Gasteiger partial charge in [-0.05, 0) is 19.4 Å². The van der Waals surface area contributed by atoms with E-state index < -0.39 is 0 Å². The van der Waals surface area contributed by atoms with Crippen LogP contribution in [-0.4, -0.2) is 36.2 Å². The summed E-state index contributed by atoms with van der Waals surface area (Å²) in [5.41, 5.74) is 1.02. The minimum atomic E-state index is -0.223. The second-order valence-electron chi connectivity index (χ2n) is 4.91. The molecule has 1 saturated heterocycles. The van der Waals surface area contributed by atoms with E-state index in [0.29, 0.717) is 31.8 Å². The predicted octanol–water partition coefficient (Wildman–Crippen LogP) is 2.01. The molecule has 98 valence electrons. The molecule has 0 unspecified atom stereocenters. The van der Waals surface area contributed by atoms with Crippen molar-refractivity contribution in [3.8, 4) is 0 Å². The average Bonchev–Trinajstić information content (AvgIpc) is 2.36. The number of rotatable bonds is 2. The van der Waals surface area contributed by atoms with Gasteiger partial charge in [-0.1, -0.05) is 30.3 Å². The fourth-order valence-corrected chi connectivity index (χ4v) is 2.29. The van der Waals surface area contributed by atoms with Crippen molar-refractivity contribution in [2.45, 2.75) is 32.5 Å². The van der Waals surface area contributed by atoms with E-state index in [4.69, 9.17) is 4.74 Å². The molecule has 0 aliphatic carbocycles. The van der Waals surface area contributed by atoms with Gasteiger partial charge in [0.2, 0.25) is 0 Å². The van der Waals surface area contributed by atoms with Crippen molar-refractivity contribution in [2.75, 3.05) is 13.1 Å². The molecule has 1 N–H and O–H groups in total. The van der Waals surface area contributed by atoms with Crippen LogP contribution in [0.15, 0.2) is 30.3 Å². The maximum atomic E-state index is 11.9. The molecule has 1 amide bonds. The maximum Gasteiger partial charge on any atom is 0.410 e. The molecule has 0 saturated carbocycles. The molecule has 1 aromatic carbocycles. The van der Waals surface area contributed by atoms with Crippen LogP contribution in [-0.2, 0) is 11.3 Å². The van der Waals surface area contributed by atoms with Crippen molar-refractivity contribution in [2.24, 2.45) is 0 Å². The summed E-state index contributed by atoms with van der Waals surface area (Å²) in [7, 11) is 0. The first kappa shape index (κ1) is 12.9. The first-order valence-electron chi connectivity index (χ1n) is 6.37. The lowest BCUT2D eigenvalue weighted by molar-refractivity contribution is 0.0792. The van der Waals surface area contributed by atoms with E-state index in [-0.39, 0.29) is 6.09 Å². The van der Waals surface area contributed by atoms with Gasteiger partial charge in [-0.25, -0.2) is 4.79 Å². The number of carbonyl (C=O) groups is 1. The Morgan fingerprint density at radius 3 is 2.50 bits per heavy atom. The fourth-order valence-electron chi connectivity index (χ4n) is 2.29. The van der Waals surface area contributed by atoms with Crippen molar-refractivity contribution in [3.05, 3.63) is 35.9 Å². The third-order valence-corrected chi connectivity index (χ3v) is 3.02. The standard InChI is InChI=1S/C14H20N2O2/c1-11-8-16(9-12(2)15-11)14(17)18-10-13-6-4-3-5-7-13/h3-7,11-12,15H,8-10H2,1-2H3/t11-,12+. The number of carbonyl (C=O) groups excluding carboxylic acids is 1. The summed E-state index contributed by atoms with van der Waals surface area (Å²) >= 11 is 0. The largest absolute Gasteiger partial charge is 0.445 e. The van der Waals surface area contributed by atoms with Gasteiger partial charge in [0.1, 0.15) is 6.61 Å². The first-order valence-corrected chi connectivity index (χ1v) is 6.37. The van der Waals surface area contributed by atoms with Crippen LogP contribution in [0, 0.1) is 0 Å². The molecule has 4 heteroatoms. The van der Waals surface area contributed by atoms with Gasteiger partial charge in [0.15, 0.2) is 0 Å². The molecule has 1 heterocycles. The molecular weight excluding hydrogens is 228 g/mol. The van der Waals surface area contributed by atoms with Crippen LogP contribution in [0.25, 0.3) is 0 Å². The molecule has 2 rings (SSSR count). The molecule has 18 heavy (non-hydrogen) atoms. The van der Waals surface area contributed by atoms with E-state index >= 15 is 0 Å². The van der Waals surface area contributed by atoms with Gasteiger partial charge in [0.25, 0.3) is 0 Å². The van der Waals surface area contributed by atoms with Crippen molar-refractivity contribution >= 4 is 6.09 Å². The molecule has 0 aromatic heterocycles. The van der Waals surface area contributed by atoms with Crippen LogP contribution in [0.3, 0.4) is 0 Å². The minimum absolute atomic E-state index is 0.223. The Morgan fingerprint density at radius 2 is 1.89 bits per heavy atom. The van der Waals surface area contributed by atoms with Crippen LogP contribution < -0.4 is 5.32 Å². The second-order valence-corrected chi connectivity index (χ2v) is 4.91. The summed E-state index contributed by atoms with van der Waals surface area (Å²) in [5.74, 6) is 0. The molecule has 2 atom stereocenters. The smallest absolute Gasteiger partial charge is 0.410 e. The van der Waals surface area contributed by atoms with E-state index in [9.17, 15) is 4.79 Å². The minimum Gasteiger partial charge on any atom is -0.445 e. The van der Waals surface area contributed by atoms with Gasteiger partial charge >= 0.3 is 6.09 Å². The van der Waals surface area contributed by atoms with Gasteiger partial charge in [0.05, 0.1) is 0 Å². The van der Waals surface area contributed by atoms with Gasteiger partial charge < -0.3 is 15.0 Å². The Kier molecular flexibility index (Phi) is 4.20. The highest BCUT2D eigenvalue weighted by molar-refractivity contribution is 5.67. The number of nitrogens with zero attached hydrogens (tertiary/aromatic N) is 1.